The molecule has 1 saturated heterocycles. The summed E-state index contributed by atoms with van der Waals surface area (Å²) < 4.78 is 27.6. The molecule has 6 heteroatoms. The van der Waals surface area contributed by atoms with Crippen LogP contribution in [0.5, 0.6) is 0 Å². The number of nitrogens with two attached hydrogens (primary N) is 1. The van der Waals surface area contributed by atoms with Gasteiger partial charge in [0.25, 0.3) is 0 Å². The molecule has 2 rings (SSSR count). The van der Waals surface area contributed by atoms with E-state index < -0.39 is 10.0 Å². The van der Waals surface area contributed by atoms with Crippen LogP contribution in [0.1, 0.15) is 24.0 Å². The number of likely N-dealkylation sites (tertiary alicyclic amines) is 1. The lowest BCUT2D eigenvalue weighted by atomic mass is 10.1. The predicted molar refractivity (Wildman–Crippen MR) is 79.9 cm³/mol. The fourth-order valence-electron chi connectivity index (χ4n) is 2.45. The summed E-state index contributed by atoms with van der Waals surface area (Å²) >= 11 is 0. The second kappa shape index (κ2) is 6.22. The first kappa shape index (κ1) is 15.4. The maximum absolute atomic E-state index is 12.4. The first-order valence-electron chi connectivity index (χ1n) is 6.93. The largest absolute Gasteiger partial charge is 0.326 e. The van der Waals surface area contributed by atoms with Crippen LogP contribution >= 0.6 is 0 Å². The number of aryl methyl sites for hydroxylation is 1. The summed E-state index contributed by atoms with van der Waals surface area (Å²) in [5.74, 6) is 0. The zero-order chi connectivity index (χ0) is 14.8. The zero-order valence-corrected chi connectivity index (χ0v) is 12.9. The van der Waals surface area contributed by atoms with Gasteiger partial charge >= 0.3 is 0 Å². The molecule has 0 aliphatic carbocycles. The topological polar surface area (TPSA) is 75.4 Å². The first-order chi connectivity index (χ1) is 9.42. The van der Waals surface area contributed by atoms with E-state index in [9.17, 15) is 8.42 Å². The fraction of sp³-hybridized carbons (Fsp3) is 0.571. The molecule has 1 aliphatic heterocycles. The van der Waals surface area contributed by atoms with Crippen molar-refractivity contribution in [1.29, 1.82) is 0 Å². The third-order valence-corrected chi connectivity index (χ3v) is 5.41. The van der Waals surface area contributed by atoms with Crippen LogP contribution in [0, 0.1) is 6.92 Å². The highest BCUT2D eigenvalue weighted by molar-refractivity contribution is 7.89. The molecule has 112 valence electrons. The molecule has 0 bridgehead atoms. The van der Waals surface area contributed by atoms with Gasteiger partial charge in [0.1, 0.15) is 0 Å². The van der Waals surface area contributed by atoms with Crippen molar-refractivity contribution in [3.8, 4) is 0 Å². The highest BCUT2D eigenvalue weighted by Crippen LogP contribution is 2.17. The Bertz CT molecular complexity index is 564. The lowest BCUT2D eigenvalue weighted by molar-refractivity contribution is 0.248. The summed E-state index contributed by atoms with van der Waals surface area (Å²) in [5, 5.41) is 0. The molecule has 1 aromatic carbocycles. The summed E-state index contributed by atoms with van der Waals surface area (Å²) in [5.41, 5.74) is 7.53. The van der Waals surface area contributed by atoms with Crippen molar-refractivity contribution in [1.82, 2.24) is 9.62 Å². The molecule has 0 amide bonds. The minimum absolute atomic E-state index is 0.0267. The van der Waals surface area contributed by atoms with Crippen LogP contribution in [-0.2, 0) is 16.6 Å². The number of hydrogen-bond acceptors (Lipinski definition) is 4. The van der Waals surface area contributed by atoms with Crippen molar-refractivity contribution in [2.24, 2.45) is 5.73 Å². The molecular formula is C14H23N3O2S. The smallest absolute Gasteiger partial charge is 0.240 e. The minimum atomic E-state index is -3.45. The third-order valence-electron chi connectivity index (χ3n) is 3.89. The van der Waals surface area contributed by atoms with E-state index in [1.54, 1.807) is 12.1 Å². The SMILES string of the molecule is Cc1ccc(S(=O)(=O)NC2CCN(C)CC2)cc1CN. The second-order valence-electron chi connectivity index (χ2n) is 5.49. The molecule has 5 nitrogen and oxygen atoms in total. The fourth-order valence-corrected chi connectivity index (χ4v) is 3.80. The highest BCUT2D eigenvalue weighted by atomic mass is 32.2. The number of hydrogen-bond donors (Lipinski definition) is 2. The highest BCUT2D eigenvalue weighted by Gasteiger charge is 2.23. The normalized spacial score (nSPS) is 18.4. The Morgan fingerprint density at radius 2 is 2.00 bits per heavy atom. The van der Waals surface area contributed by atoms with E-state index in [0.717, 1.165) is 37.1 Å². The van der Waals surface area contributed by atoms with Crippen LogP contribution in [0.4, 0.5) is 0 Å². The number of rotatable bonds is 4. The van der Waals surface area contributed by atoms with E-state index >= 15 is 0 Å². The van der Waals surface area contributed by atoms with E-state index in [2.05, 4.69) is 16.7 Å². The Kier molecular flexibility index (Phi) is 4.80. The van der Waals surface area contributed by atoms with Crippen molar-refractivity contribution < 1.29 is 8.42 Å². The Hall–Kier alpha value is -0.950. The van der Waals surface area contributed by atoms with Gasteiger partial charge in [-0.05, 0) is 63.2 Å². The Morgan fingerprint density at radius 3 is 2.60 bits per heavy atom. The van der Waals surface area contributed by atoms with Gasteiger partial charge in [0, 0.05) is 12.6 Å². The van der Waals surface area contributed by atoms with Crippen molar-refractivity contribution in [3.63, 3.8) is 0 Å². The van der Waals surface area contributed by atoms with Crippen LogP contribution in [-0.4, -0.2) is 39.5 Å². The average molecular weight is 297 g/mol. The van der Waals surface area contributed by atoms with Crippen LogP contribution in [0.15, 0.2) is 23.1 Å². The number of sulfonamides is 1. The monoisotopic (exact) mass is 297 g/mol. The summed E-state index contributed by atoms with van der Waals surface area (Å²) in [4.78, 5) is 2.52. The van der Waals surface area contributed by atoms with Gasteiger partial charge in [-0.1, -0.05) is 6.07 Å². The van der Waals surface area contributed by atoms with E-state index in [-0.39, 0.29) is 6.04 Å². The molecule has 0 saturated carbocycles. The predicted octanol–water partition coefficient (Wildman–Crippen LogP) is 0.826. The molecule has 0 spiro atoms. The number of benzene rings is 1. The van der Waals surface area contributed by atoms with Crippen LogP contribution in [0.25, 0.3) is 0 Å². The van der Waals surface area contributed by atoms with Crippen LogP contribution < -0.4 is 10.5 Å². The van der Waals surface area contributed by atoms with Crippen molar-refractivity contribution >= 4 is 10.0 Å². The summed E-state index contributed by atoms with van der Waals surface area (Å²) in [6, 6.07) is 5.16. The van der Waals surface area contributed by atoms with Crippen LogP contribution in [0.2, 0.25) is 0 Å². The average Bonchev–Trinajstić information content (AvgIpc) is 2.41. The van der Waals surface area contributed by atoms with Gasteiger partial charge in [-0.25, -0.2) is 13.1 Å². The maximum Gasteiger partial charge on any atom is 0.240 e. The van der Waals surface area contributed by atoms with Crippen molar-refractivity contribution in [3.05, 3.63) is 29.3 Å². The van der Waals surface area contributed by atoms with Gasteiger partial charge in [0.15, 0.2) is 0 Å². The number of piperidine rings is 1. The van der Waals surface area contributed by atoms with Gasteiger partial charge in [0.2, 0.25) is 10.0 Å². The lowest BCUT2D eigenvalue weighted by Gasteiger charge is -2.29. The van der Waals surface area contributed by atoms with E-state index in [0.29, 0.717) is 11.4 Å². The second-order valence-corrected chi connectivity index (χ2v) is 7.21. The molecule has 0 aromatic heterocycles. The molecular weight excluding hydrogens is 274 g/mol. The summed E-state index contributed by atoms with van der Waals surface area (Å²) in [6.07, 6.45) is 1.71. The number of nitrogens with one attached hydrogen (secondary N) is 1. The maximum atomic E-state index is 12.4. The molecule has 3 N–H and O–H groups in total. The first-order valence-corrected chi connectivity index (χ1v) is 8.41. The van der Waals surface area contributed by atoms with Gasteiger partial charge < -0.3 is 10.6 Å². The van der Waals surface area contributed by atoms with Crippen molar-refractivity contribution in [2.45, 2.75) is 37.2 Å². The molecule has 0 unspecified atom stereocenters. The third kappa shape index (κ3) is 3.58. The molecule has 1 aliphatic rings. The molecule has 1 heterocycles. The Morgan fingerprint density at radius 1 is 1.35 bits per heavy atom. The van der Waals surface area contributed by atoms with E-state index in [1.807, 2.05) is 13.0 Å². The summed E-state index contributed by atoms with van der Waals surface area (Å²) in [6.45, 7) is 4.14. The van der Waals surface area contributed by atoms with Gasteiger partial charge in [-0.2, -0.15) is 0 Å². The summed E-state index contributed by atoms with van der Waals surface area (Å²) in [7, 11) is -1.40. The minimum Gasteiger partial charge on any atom is -0.326 e. The van der Waals surface area contributed by atoms with Crippen LogP contribution in [0.3, 0.4) is 0 Å². The molecule has 0 atom stereocenters. The molecule has 20 heavy (non-hydrogen) atoms. The Balaban J connectivity index is 2.14. The number of nitrogens with zero attached hydrogens (tertiary/aromatic N) is 1. The van der Waals surface area contributed by atoms with E-state index in [1.165, 1.54) is 0 Å². The van der Waals surface area contributed by atoms with Crippen molar-refractivity contribution in [2.75, 3.05) is 20.1 Å². The van der Waals surface area contributed by atoms with E-state index in [4.69, 9.17) is 5.73 Å². The Labute approximate surface area is 121 Å². The zero-order valence-electron chi connectivity index (χ0n) is 12.1. The lowest BCUT2D eigenvalue weighted by Crippen LogP contribution is -2.43. The standard InChI is InChI=1S/C14H23N3O2S/c1-11-3-4-14(9-12(11)10-15)20(18,19)16-13-5-7-17(2)8-6-13/h3-4,9,13,16H,5-8,10,15H2,1-2H3. The van der Waals surface area contributed by atoms with Gasteiger partial charge in [-0.3, -0.25) is 0 Å². The molecule has 1 aromatic rings. The molecule has 0 radical (unpaired) electrons. The van der Waals surface area contributed by atoms with Gasteiger partial charge in [-0.15, -0.1) is 0 Å². The quantitative estimate of drug-likeness (QED) is 0.863. The van der Waals surface area contributed by atoms with Gasteiger partial charge in [0.05, 0.1) is 4.90 Å². The molecule has 1 fully saturated rings.